The van der Waals surface area contributed by atoms with E-state index in [1.807, 2.05) is 0 Å². The maximum absolute atomic E-state index is 15.1. The molecule has 0 bridgehead atoms. The maximum atomic E-state index is 15.1. The van der Waals surface area contributed by atoms with Gasteiger partial charge < -0.3 is 119 Å². The first-order chi connectivity index (χ1) is 55.2. The van der Waals surface area contributed by atoms with Crippen molar-refractivity contribution >= 4 is 129 Å². The Morgan fingerprint density at radius 2 is 0.812 bits per heavy atom. The second-order valence-corrected chi connectivity index (χ2v) is 29.8. The average Bonchev–Trinajstić information content (AvgIpc) is 1.71. The zero-order valence-electron chi connectivity index (χ0n) is 66.1. The molecule has 0 saturated carbocycles. The first kappa shape index (κ1) is 97.3. The van der Waals surface area contributed by atoms with Gasteiger partial charge in [0, 0.05) is 36.4 Å². The van der Waals surface area contributed by atoms with Gasteiger partial charge in [-0.3, -0.25) is 86.3 Å². The van der Waals surface area contributed by atoms with Gasteiger partial charge in [0.25, 0.3) is 0 Å². The lowest BCUT2D eigenvalue weighted by atomic mass is 9.99. The fourth-order valence-electron chi connectivity index (χ4n) is 11.8. The van der Waals surface area contributed by atoms with Crippen molar-refractivity contribution in [1.82, 2.24) is 74.1 Å². The van der Waals surface area contributed by atoms with E-state index in [-0.39, 0.29) is 57.2 Å². The summed E-state index contributed by atoms with van der Waals surface area (Å²) >= 11 is 1.31. The Morgan fingerprint density at radius 3 is 1.27 bits per heavy atom. The highest BCUT2D eigenvalue weighted by Crippen LogP contribution is 2.21. The van der Waals surface area contributed by atoms with E-state index >= 15 is 14.4 Å². The smallest absolute Gasteiger partial charge is 0.305 e. The topological polar surface area (TPSA) is 676 Å². The Hall–Kier alpha value is -12.1. The zero-order chi connectivity index (χ0) is 87.3. The number of carboxylic acids is 1. The fraction of sp³-hybridized carbons (Fsp3) is 0.500. The van der Waals surface area contributed by atoms with Crippen molar-refractivity contribution < 1.29 is 96.5 Å². The van der Waals surface area contributed by atoms with Crippen LogP contribution in [0, 0.1) is 11.8 Å². The van der Waals surface area contributed by atoms with E-state index in [9.17, 15) is 82.1 Å². The number of benzene rings is 3. The van der Waals surface area contributed by atoms with Gasteiger partial charge in [-0.1, -0.05) is 107 Å². The third kappa shape index (κ3) is 34.1. The van der Waals surface area contributed by atoms with Crippen LogP contribution in [0.1, 0.15) is 116 Å². The van der Waals surface area contributed by atoms with Gasteiger partial charge in [-0.2, -0.15) is 11.8 Å². The van der Waals surface area contributed by atoms with Gasteiger partial charge in [-0.15, -0.1) is 0 Å². The van der Waals surface area contributed by atoms with Crippen molar-refractivity contribution in [2.45, 2.75) is 203 Å². The van der Waals surface area contributed by atoms with E-state index in [1.165, 1.54) is 18.7 Å². The maximum Gasteiger partial charge on any atom is 0.305 e. The molecule has 0 saturated heterocycles. The first-order valence-electron chi connectivity index (χ1n) is 37.7. The largest absolute Gasteiger partial charge is 0.481 e. The summed E-state index contributed by atoms with van der Waals surface area (Å²) in [6.45, 7) is 8.36. The van der Waals surface area contributed by atoms with E-state index < -0.39 is 235 Å². The number of unbranched alkanes of at least 4 members (excludes halogenated alkanes) is 1. The lowest BCUT2D eigenvalue weighted by Crippen LogP contribution is -2.62. The molecule has 4 aromatic rings. The molecule has 0 unspecified atom stereocenters. The lowest BCUT2D eigenvalue weighted by Gasteiger charge is -2.29. The molecule has 3 aromatic carbocycles. The number of aromatic amines is 1. The molecule has 17 amide bonds. The van der Waals surface area contributed by atoms with Crippen molar-refractivity contribution in [3.8, 4) is 0 Å². The van der Waals surface area contributed by atoms with E-state index in [0.717, 1.165) is 6.92 Å². The van der Waals surface area contributed by atoms with Crippen LogP contribution >= 0.6 is 11.8 Å². The summed E-state index contributed by atoms with van der Waals surface area (Å²) in [5, 5.41) is 53.2. The minimum absolute atomic E-state index is 0.0416. The van der Waals surface area contributed by atoms with Gasteiger partial charge in [0.1, 0.15) is 72.5 Å². The summed E-state index contributed by atoms with van der Waals surface area (Å²) < 4.78 is 0. The molecule has 640 valence electrons. The number of aromatic nitrogens is 1. The molecule has 14 atom stereocenters. The molecule has 40 nitrogen and oxygen atoms in total. The molecule has 41 heteroatoms. The highest BCUT2D eigenvalue weighted by Gasteiger charge is 2.40. The number of H-pyrrole nitrogens is 1. The SMILES string of the molecule is CSCC[C@H](NC(=O)[C@H](Cc1c[nH]c2ccccc12)NC(=O)[C@H](CCCCN)NC(=O)[C@H](Cc1ccccc1)NC(=O)[C@H](CC(C)C)NC(=O)[C@@H](NC(=O)[C@H](CC(N)=O)NC(=O)[C@H](CC(=O)O)NC(=O)[C@H](CC(N)=O)NC(=O)[C@@H](N)C(C)C)[C@@H](C)O)C(=O)N[C@@H](C)C(=O)N[C@@H](Cc1ccccc1)C(=O)N[C@@H](CC(N)=O)C(=O)NCC(N)=O. The predicted octanol–water partition coefficient (Wildman–Crippen LogP) is -5.97. The van der Waals surface area contributed by atoms with Gasteiger partial charge in [-0.25, -0.2) is 0 Å². The monoisotopic (exact) mass is 1650 g/mol. The molecule has 0 radical (unpaired) electrons. The highest BCUT2D eigenvalue weighted by molar-refractivity contribution is 7.98. The third-order valence-electron chi connectivity index (χ3n) is 18.1. The van der Waals surface area contributed by atoms with Gasteiger partial charge in [0.2, 0.25) is 100 Å². The molecule has 1 aromatic heterocycles. The second kappa shape index (κ2) is 49.0. The number of aliphatic hydroxyl groups is 1. The van der Waals surface area contributed by atoms with Gasteiger partial charge >= 0.3 is 5.97 Å². The van der Waals surface area contributed by atoms with E-state index in [4.69, 9.17) is 34.4 Å². The predicted molar refractivity (Wildman–Crippen MR) is 427 cm³/mol. The van der Waals surface area contributed by atoms with Crippen LogP contribution in [0.25, 0.3) is 10.9 Å². The molecule has 0 aliphatic heterocycles. The quantitative estimate of drug-likeness (QED) is 0.0183. The number of carboxylic acid groups (broad SMARTS) is 1. The minimum atomic E-state index is -2.10. The number of nitrogens with two attached hydrogens (primary N) is 6. The highest BCUT2D eigenvalue weighted by atomic mass is 32.2. The number of aliphatic carboxylic acids is 1. The van der Waals surface area contributed by atoms with Crippen LogP contribution in [0.15, 0.2) is 91.1 Å². The number of aliphatic hydroxyl groups excluding tert-OH is 1. The Labute approximate surface area is 679 Å². The molecule has 0 fully saturated rings. The molecular formula is C76H110N20O20S. The summed E-state index contributed by atoms with van der Waals surface area (Å²) in [6, 6.07) is 2.38. The lowest BCUT2D eigenvalue weighted by molar-refractivity contribution is -0.142. The first-order valence-corrected chi connectivity index (χ1v) is 39.1. The number of thioether (sulfide) groups is 1. The number of fused-ring (bicyclic) bond motifs is 1. The van der Waals surface area contributed by atoms with Crippen LogP contribution in [0.5, 0.6) is 0 Å². The number of hydrogen-bond acceptors (Lipinski definition) is 22. The number of carbonyl (C=O) groups excluding carboxylic acids is 17. The van der Waals surface area contributed by atoms with E-state index in [2.05, 4.69) is 74.1 Å². The van der Waals surface area contributed by atoms with Gasteiger partial charge in [-0.05, 0) is 99.1 Å². The van der Waals surface area contributed by atoms with E-state index in [0.29, 0.717) is 34.0 Å². The number of carbonyl (C=O) groups is 18. The summed E-state index contributed by atoms with van der Waals surface area (Å²) in [6.07, 6.45) is -2.69. The molecule has 0 aliphatic carbocycles. The molecule has 4 rings (SSSR count). The number of primary amides is 4. The third-order valence-corrected chi connectivity index (χ3v) is 18.8. The number of rotatable bonds is 52. The van der Waals surface area contributed by atoms with Crippen LogP contribution < -0.4 is 104 Å². The summed E-state index contributed by atoms with van der Waals surface area (Å²) in [5.41, 5.74) is 35.4. The van der Waals surface area contributed by atoms with Crippen molar-refractivity contribution in [3.63, 3.8) is 0 Å². The number of amides is 17. The molecule has 0 spiro atoms. The van der Waals surface area contributed by atoms with Crippen molar-refractivity contribution in [3.05, 3.63) is 108 Å². The van der Waals surface area contributed by atoms with Crippen LogP contribution in [0.4, 0.5) is 0 Å². The Kier molecular flexibility index (Phi) is 40.7. The molecule has 0 aliphatic rings. The van der Waals surface area contributed by atoms with Gasteiger partial charge in [0.15, 0.2) is 0 Å². The standard InChI is InChI=1S/C76H110N20O20S/c1-38(2)28-49(95-76(116)63(41(6)97)96-74(114)55(34-59(80)100)92-73(113)56(35-61(102)103)93-72(112)54(33-58(79)99)94-75(115)62(82)39(3)4)68(108)89-51(30-43-20-12-9-13-21-43)69(109)86-47(24-16-17-26-77)67(107)90-52(31-44-36-83-46-23-15-14-22-45(44)46)71(111)87-48(25-27-117-7)66(106)85-40(5)64(104)88-50(29-42-18-10-8-11-19-42)70(110)91-53(32-57(78)98)65(105)84-37-60(81)101/h8-15,18-23,36,38-41,47-56,62-63,83,97H,16-17,24-35,37,77,82H2,1-7H3,(H2,78,98)(H2,79,99)(H2,80,100)(H2,81,101)(H,84,105)(H,85,106)(H,86,109)(H,87,111)(H,88,104)(H,89,108)(H,90,107)(H,91,110)(H,92,113)(H,93,112)(H,94,115)(H,95,116)(H,96,114)(H,102,103)/t40-,41+,47-,48-,49-,50-,51-,52-,53-,54-,55-,56-,62-,63-/m0/s1. The van der Waals surface area contributed by atoms with Crippen molar-refractivity contribution in [2.24, 2.45) is 46.2 Å². The molecule has 1 heterocycles. The van der Waals surface area contributed by atoms with Crippen LogP contribution in [-0.2, 0) is 106 Å². The minimum Gasteiger partial charge on any atom is -0.481 e. The van der Waals surface area contributed by atoms with Crippen LogP contribution in [0.3, 0.4) is 0 Å². The molecular weight excluding hydrogens is 1550 g/mol. The summed E-state index contributed by atoms with van der Waals surface area (Å²) in [4.78, 5) is 247. The normalized spacial score (nSPS) is 14.7. The zero-order valence-corrected chi connectivity index (χ0v) is 66.9. The second-order valence-electron chi connectivity index (χ2n) is 28.8. The van der Waals surface area contributed by atoms with Gasteiger partial charge in [0.05, 0.1) is 44.4 Å². The number of hydrogen-bond donors (Lipinski definition) is 22. The average molecular weight is 1660 g/mol. The Morgan fingerprint density at radius 1 is 0.419 bits per heavy atom. The summed E-state index contributed by atoms with van der Waals surface area (Å²) in [5.74, 6) is -20.4. The van der Waals surface area contributed by atoms with Crippen LogP contribution in [-0.4, -0.2) is 231 Å². The van der Waals surface area contributed by atoms with Crippen molar-refractivity contribution in [2.75, 3.05) is 25.1 Å². The van der Waals surface area contributed by atoms with Crippen molar-refractivity contribution in [1.29, 1.82) is 0 Å². The molecule has 117 heavy (non-hydrogen) atoms. The summed E-state index contributed by atoms with van der Waals surface area (Å²) in [7, 11) is 0. The molecule has 28 N–H and O–H groups in total. The van der Waals surface area contributed by atoms with Crippen LogP contribution in [0.2, 0.25) is 0 Å². The fourth-order valence-corrected chi connectivity index (χ4v) is 12.3. The Balaban J connectivity index is 1.66. The number of nitrogens with one attached hydrogen (secondary N) is 14. The number of para-hydroxylation sites is 1. The van der Waals surface area contributed by atoms with E-state index in [1.54, 1.807) is 125 Å². The Bertz CT molecular complexity index is 4130.